The fourth-order valence-electron chi connectivity index (χ4n) is 3.93. The molecular weight excluding hydrogens is 368 g/mol. The minimum absolute atomic E-state index is 0.0734. The van der Waals surface area contributed by atoms with Crippen LogP contribution in [0.4, 0.5) is 0 Å². The molecule has 0 spiro atoms. The highest BCUT2D eigenvalue weighted by atomic mass is 16.5. The minimum atomic E-state index is -0.651. The van der Waals surface area contributed by atoms with Crippen molar-refractivity contribution in [3.63, 3.8) is 0 Å². The SMILES string of the molecule is COC(=O)[C@@H](CC(C)C)NC(=O)CCC(=O)NC1CCCCCCCCCCC1. The summed E-state index contributed by atoms with van der Waals surface area (Å²) in [7, 11) is 1.32. The van der Waals surface area contributed by atoms with Crippen LogP contribution in [0.25, 0.3) is 0 Å². The fraction of sp³-hybridized carbons (Fsp3) is 0.870. The molecule has 1 saturated carbocycles. The van der Waals surface area contributed by atoms with Crippen LogP contribution in [0.5, 0.6) is 0 Å². The van der Waals surface area contributed by atoms with E-state index in [2.05, 4.69) is 10.6 Å². The Morgan fingerprint density at radius 3 is 1.79 bits per heavy atom. The van der Waals surface area contributed by atoms with Crippen molar-refractivity contribution in [1.29, 1.82) is 0 Å². The summed E-state index contributed by atoms with van der Waals surface area (Å²) in [6.45, 7) is 3.97. The number of methoxy groups -OCH3 is 1. The van der Waals surface area contributed by atoms with Gasteiger partial charge in [-0.25, -0.2) is 4.79 Å². The summed E-state index contributed by atoms with van der Waals surface area (Å²) in [5.41, 5.74) is 0. The topological polar surface area (TPSA) is 84.5 Å². The summed E-state index contributed by atoms with van der Waals surface area (Å²) in [6, 6.07) is -0.435. The Hall–Kier alpha value is -1.59. The van der Waals surface area contributed by atoms with Gasteiger partial charge in [-0.1, -0.05) is 71.6 Å². The van der Waals surface area contributed by atoms with Crippen LogP contribution in [0.2, 0.25) is 0 Å². The fourth-order valence-corrected chi connectivity index (χ4v) is 3.93. The van der Waals surface area contributed by atoms with Crippen molar-refractivity contribution in [2.75, 3.05) is 7.11 Å². The molecular formula is C23H42N2O4. The Balaban J connectivity index is 2.40. The van der Waals surface area contributed by atoms with Crippen LogP contribution < -0.4 is 10.6 Å². The molecule has 2 N–H and O–H groups in total. The lowest BCUT2D eigenvalue weighted by atomic mass is 9.98. The van der Waals surface area contributed by atoms with Gasteiger partial charge in [-0.15, -0.1) is 0 Å². The van der Waals surface area contributed by atoms with Gasteiger partial charge in [0.2, 0.25) is 11.8 Å². The van der Waals surface area contributed by atoms with Gasteiger partial charge >= 0.3 is 5.97 Å². The number of carbonyl (C=O) groups excluding carboxylic acids is 3. The van der Waals surface area contributed by atoms with E-state index in [1.807, 2.05) is 13.8 Å². The molecule has 2 amide bonds. The van der Waals surface area contributed by atoms with Gasteiger partial charge in [-0.3, -0.25) is 9.59 Å². The van der Waals surface area contributed by atoms with Crippen LogP contribution in [0.3, 0.4) is 0 Å². The second-order valence-electron chi connectivity index (χ2n) is 8.80. The smallest absolute Gasteiger partial charge is 0.328 e. The lowest BCUT2D eigenvalue weighted by Crippen LogP contribution is -2.43. The van der Waals surface area contributed by atoms with Crippen LogP contribution in [-0.2, 0) is 19.1 Å². The Labute approximate surface area is 176 Å². The molecule has 1 fully saturated rings. The van der Waals surface area contributed by atoms with E-state index in [1.165, 1.54) is 52.1 Å². The van der Waals surface area contributed by atoms with Gasteiger partial charge in [0.1, 0.15) is 6.04 Å². The molecule has 0 heterocycles. The van der Waals surface area contributed by atoms with Gasteiger partial charge in [-0.05, 0) is 25.2 Å². The van der Waals surface area contributed by atoms with Gasteiger partial charge in [-0.2, -0.15) is 0 Å². The van der Waals surface area contributed by atoms with E-state index in [1.54, 1.807) is 0 Å². The van der Waals surface area contributed by atoms with Crippen LogP contribution in [0.15, 0.2) is 0 Å². The number of amides is 2. The predicted molar refractivity (Wildman–Crippen MR) is 115 cm³/mol. The molecule has 0 aromatic heterocycles. The first-order chi connectivity index (χ1) is 13.9. The molecule has 6 heteroatoms. The molecule has 1 rings (SSSR count). The Morgan fingerprint density at radius 2 is 1.31 bits per heavy atom. The van der Waals surface area contributed by atoms with Gasteiger partial charge < -0.3 is 15.4 Å². The summed E-state index contributed by atoms with van der Waals surface area (Å²) < 4.78 is 4.77. The summed E-state index contributed by atoms with van der Waals surface area (Å²) in [4.78, 5) is 36.4. The maximum absolute atomic E-state index is 12.4. The predicted octanol–water partition coefficient (Wildman–Crippen LogP) is 4.26. The standard InChI is InChI=1S/C23H42N2O4/c1-18(2)17-20(23(28)29-3)25-22(27)16-15-21(26)24-19-13-11-9-7-5-4-6-8-10-12-14-19/h18-20H,4-17H2,1-3H3,(H,24,26)(H,25,27)/t20-/m1/s1. The number of hydrogen-bond donors (Lipinski definition) is 2. The van der Waals surface area contributed by atoms with Crippen molar-refractivity contribution in [3.05, 3.63) is 0 Å². The lowest BCUT2D eigenvalue weighted by molar-refractivity contribution is -0.145. The zero-order valence-corrected chi connectivity index (χ0v) is 18.8. The molecule has 0 aliphatic heterocycles. The summed E-state index contributed by atoms with van der Waals surface area (Å²) in [5.74, 6) is -0.542. The van der Waals surface area contributed by atoms with Crippen molar-refractivity contribution >= 4 is 17.8 Å². The number of rotatable bonds is 8. The summed E-state index contributed by atoms with van der Waals surface area (Å²) in [5, 5.41) is 5.85. The van der Waals surface area contributed by atoms with Crippen molar-refractivity contribution in [3.8, 4) is 0 Å². The van der Waals surface area contributed by atoms with Crippen LogP contribution in [0.1, 0.15) is 104 Å². The molecule has 1 aliphatic carbocycles. The van der Waals surface area contributed by atoms with Crippen LogP contribution >= 0.6 is 0 Å². The third kappa shape index (κ3) is 12.6. The zero-order valence-electron chi connectivity index (χ0n) is 18.8. The van der Waals surface area contributed by atoms with Gasteiger partial charge in [0.25, 0.3) is 0 Å². The number of carbonyl (C=O) groups is 3. The average molecular weight is 411 g/mol. The Bertz CT molecular complexity index is 481. The summed E-state index contributed by atoms with van der Waals surface area (Å²) >= 11 is 0. The zero-order chi connectivity index (χ0) is 21.5. The molecule has 0 saturated heterocycles. The minimum Gasteiger partial charge on any atom is -0.467 e. The highest BCUT2D eigenvalue weighted by molar-refractivity contribution is 5.87. The number of ether oxygens (including phenoxy) is 1. The molecule has 0 aromatic carbocycles. The van der Waals surface area contributed by atoms with E-state index < -0.39 is 12.0 Å². The van der Waals surface area contributed by atoms with Gasteiger partial charge in [0, 0.05) is 18.9 Å². The molecule has 0 aromatic rings. The first-order valence-electron chi connectivity index (χ1n) is 11.6. The van der Waals surface area contributed by atoms with E-state index in [0.717, 1.165) is 25.7 Å². The van der Waals surface area contributed by atoms with E-state index >= 15 is 0 Å². The van der Waals surface area contributed by atoms with E-state index in [4.69, 9.17) is 4.74 Å². The third-order valence-corrected chi connectivity index (χ3v) is 5.58. The average Bonchev–Trinajstić information content (AvgIpc) is 2.67. The lowest BCUT2D eigenvalue weighted by Gasteiger charge is -2.20. The first-order valence-corrected chi connectivity index (χ1v) is 11.6. The third-order valence-electron chi connectivity index (χ3n) is 5.58. The molecule has 29 heavy (non-hydrogen) atoms. The molecule has 1 aliphatic rings. The van der Waals surface area contributed by atoms with Gasteiger partial charge in [0.05, 0.1) is 7.11 Å². The monoisotopic (exact) mass is 410 g/mol. The second kappa shape index (κ2) is 15.3. The highest BCUT2D eigenvalue weighted by Crippen LogP contribution is 2.17. The van der Waals surface area contributed by atoms with Crippen molar-refractivity contribution in [1.82, 2.24) is 10.6 Å². The second-order valence-corrected chi connectivity index (χ2v) is 8.80. The number of esters is 1. The van der Waals surface area contributed by atoms with E-state index in [9.17, 15) is 14.4 Å². The molecule has 1 atom stereocenters. The van der Waals surface area contributed by atoms with Crippen molar-refractivity contribution < 1.29 is 19.1 Å². The van der Waals surface area contributed by atoms with Gasteiger partial charge in [0.15, 0.2) is 0 Å². The molecule has 6 nitrogen and oxygen atoms in total. The molecule has 168 valence electrons. The molecule has 0 unspecified atom stereocenters. The number of hydrogen-bond acceptors (Lipinski definition) is 4. The van der Waals surface area contributed by atoms with Crippen LogP contribution in [-0.4, -0.2) is 37.0 Å². The summed E-state index contributed by atoms with van der Waals surface area (Å²) in [6.07, 6.45) is 14.2. The maximum atomic E-state index is 12.4. The molecule has 0 bridgehead atoms. The Kier molecular flexibility index (Phi) is 13.4. The normalized spacial score (nSPS) is 18.2. The van der Waals surface area contributed by atoms with Crippen LogP contribution in [0, 0.1) is 5.92 Å². The maximum Gasteiger partial charge on any atom is 0.328 e. The van der Waals surface area contributed by atoms with Crippen molar-refractivity contribution in [2.24, 2.45) is 5.92 Å². The van der Waals surface area contributed by atoms with Crippen molar-refractivity contribution in [2.45, 2.75) is 116 Å². The quantitative estimate of drug-likeness (QED) is 0.586. The molecule has 0 radical (unpaired) electrons. The van der Waals surface area contributed by atoms with E-state index in [0.29, 0.717) is 6.42 Å². The van der Waals surface area contributed by atoms with E-state index in [-0.39, 0.29) is 36.6 Å². The highest BCUT2D eigenvalue weighted by Gasteiger charge is 2.23. The first kappa shape index (κ1) is 25.4. The largest absolute Gasteiger partial charge is 0.467 e. The number of nitrogens with one attached hydrogen (secondary N) is 2. The Morgan fingerprint density at radius 1 is 0.828 bits per heavy atom.